The van der Waals surface area contributed by atoms with E-state index in [2.05, 4.69) is 0 Å². The third-order valence-electron chi connectivity index (χ3n) is 1.90. The van der Waals surface area contributed by atoms with Crippen molar-refractivity contribution in [2.24, 2.45) is 0 Å². The fraction of sp³-hybridized carbons (Fsp3) is 0.455. The summed E-state index contributed by atoms with van der Waals surface area (Å²) in [5.74, 6) is -1.06. The molecule has 0 fully saturated rings. The topological polar surface area (TPSA) is 66.8 Å². The van der Waals surface area contributed by atoms with Crippen molar-refractivity contribution in [1.29, 1.82) is 0 Å². The lowest BCUT2D eigenvalue weighted by atomic mass is 10.2. The van der Waals surface area contributed by atoms with Crippen molar-refractivity contribution in [3.63, 3.8) is 0 Å². The van der Waals surface area contributed by atoms with Crippen molar-refractivity contribution in [1.82, 2.24) is 0 Å². The first-order chi connectivity index (χ1) is 7.72. The average molecular weight is 257 g/mol. The maximum atomic E-state index is 11.7. The Bertz CT molecular complexity index is 433. The summed E-state index contributed by atoms with van der Waals surface area (Å²) in [6.45, 7) is 5.26. The molecule has 0 spiro atoms. The Morgan fingerprint density at radius 1 is 1.35 bits per heavy atom. The molecule has 17 heavy (non-hydrogen) atoms. The fourth-order valence-corrected chi connectivity index (χ4v) is 1.98. The highest BCUT2D eigenvalue weighted by Gasteiger charge is 2.24. The minimum Gasteiger partial charge on any atom is -0.478 e. The molecule has 94 valence electrons. The quantitative estimate of drug-likeness (QED) is 0.884. The fourth-order valence-electron chi connectivity index (χ4n) is 1.14. The molecule has 0 atom stereocenters. The lowest BCUT2D eigenvalue weighted by molar-refractivity contribution is 0.0589. The summed E-state index contributed by atoms with van der Waals surface area (Å²) in [6, 6.07) is 0. The van der Waals surface area contributed by atoms with Crippen LogP contribution in [0.25, 0.3) is 0 Å². The third-order valence-corrected chi connectivity index (χ3v) is 2.63. The monoisotopic (exact) mass is 257 g/mol. The number of carboxylic acids is 1. The number of nitrogens with zero attached hydrogens (tertiary/aromatic N) is 1. The molecule has 0 aliphatic heterocycles. The first-order valence-electron chi connectivity index (χ1n) is 4.98. The summed E-state index contributed by atoms with van der Waals surface area (Å²) in [4.78, 5) is 23.9. The van der Waals surface area contributed by atoms with Crippen LogP contribution in [0.5, 0.6) is 0 Å². The summed E-state index contributed by atoms with van der Waals surface area (Å²) in [7, 11) is 1.49. The molecule has 0 radical (unpaired) electrons. The molecular formula is C11H15NO4S. The number of rotatable bonds is 2. The molecule has 0 saturated heterocycles. The number of thiophene rings is 1. The Hall–Kier alpha value is -1.56. The van der Waals surface area contributed by atoms with E-state index in [0.29, 0.717) is 5.69 Å². The van der Waals surface area contributed by atoms with Gasteiger partial charge in [-0.05, 0) is 20.8 Å². The van der Waals surface area contributed by atoms with E-state index in [9.17, 15) is 9.59 Å². The Kier molecular flexibility index (Phi) is 3.77. The number of hydrogen-bond donors (Lipinski definition) is 1. The summed E-state index contributed by atoms with van der Waals surface area (Å²) < 4.78 is 5.16. The highest BCUT2D eigenvalue weighted by Crippen LogP contribution is 2.25. The molecule has 1 N–H and O–H groups in total. The molecular weight excluding hydrogens is 242 g/mol. The molecule has 1 rings (SSSR count). The maximum Gasteiger partial charge on any atom is 0.414 e. The van der Waals surface area contributed by atoms with E-state index in [1.807, 2.05) is 0 Å². The molecule has 0 saturated carbocycles. The van der Waals surface area contributed by atoms with Gasteiger partial charge in [0.15, 0.2) is 0 Å². The average Bonchev–Trinajstić information content (AvgIpc) is 2.61. The van der Waals surface area contributed by atoms with Gasteiger partial charge < -0.3 is 9.84 Å². The van der Waals surface area contributed by atoms with Gasteiger partial charge in [-0.15, -0.1) is 11.3 Å². The van der Waals surface area contributed by atoms with Gasteiger partial charge in [-0.3, -0.25) is 4.90 Å². The first-order valence-corrected chi connectivity index (χ1v) is 5.93. The number of anilines is 1. The van der Waals surface area contributed by atoms with Crippen LogP contribution in [0.4, 0.5) is 10.5 Å². The second kappa shape index (κ2) is 4.75. The van der Waals surface area contributed by atoms with Crippen molar-refractivity contribution in [2.45, 2.75) is 26.4 Å². The van der Waals surface area contributed by atoms with E-state index in [1.165, 1.54) is 28.7 Å². The third kappa shape index (κ3) is 3.45. The van der Waals surface area contributed by atoms with Gasteiger partial charge in [0.1, 0.15) is 5.60 Å². The van der Waals surface area contributed by atoms with E-state index in [1.54, 1.807) is 26.2 Å². The molecule has 5 nitrogen and oxygen atoms in total. The lowest BCUT2D eigenvalue weighted by Crippen LogP contribution is -2.34. The Morgan fingerprint density at radius 3 is 2.41 bits per heavy atom. The molecule has 0 aliphatic carbocycles. The smallest absolute Gasteiger partial charge is 0.414 e. The van der Waals surface area contributed by atoms with Crippen molar-refractivity contribution < 1.29 is 19.4 Å². The van der Waals surface area contributed by atoms with Crippen LogP contribution in [0.2, 0.25) is 0 Å². The maximum absolute atomic E-state index is 11.7. The lowest BCUT2D eigenvalue weighted by Gasteiger charge is -2.24. The molecule has 1 aromatic heterocycles. The number of amides is 1. The van der Waals surface area contributed by atoms with Crippen LogP contribution in [-0.4, -0.2) is 29.8 Å². The zero-order chi connectivity index (χ0) is 13.2. The molecule has 6 heteroatoms. The minimum atomic E-state index is -1.06. The first kappa shape index (κ1) is 13.5. The van der Waals surface area contributed by atoms with Crippen LogP contribution < -0.4 is 4.90 Å². The van der Waals surface area contributed by atoms with E-state index in [0.717, 1.165) is 0 Å². The largest absolute Gasteiger partial charge is 0.478 e. The van der Waals surface area contributed by atoms with E-state index in [-0.39, 0.29) is 5.56 Å². The zero-order valence-electron chi connectivity index (χ0n) is 10.2. The molecule has 0 bridgehead atoms. The van der Waals surface area contributed by atoms with Gasteiger partial charge in [0, 0.05) is 17.8 Å². The van der Waals surface area contributed by atoms with Gasteiger partial charge in [0.2, 0.25) is 0 Å². The molecule has 0 aromatic carbocycles. The van der Waals surface area contributed by atoms with Gasteiger partial charge in [-0.1, -0.05) is 0 Å². The zero-order valence-corrected chi connectivity index (χ0v) is 11.0. The van der Waals surface area contributed by atoms with Crippen molar-refractivity contribution in [3.05, 3.63) is 16.3 Å². The number of carbonyl (C=O) groups excluding carboxylic acids is 1. The van der Waals surface area contributed by atoms with Crippen LogP contribution in [-0.2, 0) is 4.74 Å². The van der Waals surface area contributed by atoms with Gasteiger partial charge in [-0.2, -0.15) is 0 Å². The summed E-state index contributed by atoms with van der Waals surface area (Å²) in [5, 5.41) is 12.0. The van der Waals surface area contributed by atoms with E-state index >= 15 is 0 Å². The van der Waals surface area contributed by atoms with Crippen LogP contribution in [0.1, 0.15) is 31.1 Å². The SMILES string of the molecule is CN(C(=O)OC(C)(C)C)c1cscc1C(=O)O. The number of carbonyl (C=O) groups is 2. The summed E-state index contributed by atoms with van der Waals surface area (Å²) in [6.07, 6.45) is -0.571. The summed E-state index contributed by atoms with van der Waals surface area (Å²) in [5.41, 5.74) is -0.162. The predicted octanol–water partition coefficient (Wildman–Crippen LogP) is 2.82. The van der Waals surface area contributed by atoms with Gasteiger partial charge in [-0.25, -0.2) is 9.59 Å². The highest BCUT2D eigenvalue weighted by atomic mass is 32.1. The van der Waals surface area contributed by atoms with Gasteiger partial charge in [0.05, 0.1) is 11.3 Å². The highest BCUT2D eigenvalue weighted by molar-refractivity contribution is 7.08. The number of hydrogen-bond acceptors (Lipinski definition) is 4. The summed E-state index contributed by atoms with van der Waals surface area (Å²) >= 11 is 1.23. The second-order valence-electron chi connectivity index (χ2n) is 4.52. The van der Waals surface area contributed by atoms with Crippen molar-refractivity contribution >= 4 is 29.1 Å². The Balaban J connectivity index is 2.89. The van der Waals surface area contributed by atoms with Crippen LogP contribution >= 0.6 is 11.3 Å². The van der Waals surface area contributed by atoms with Crippen LogP contribution in [0.3, 0.4) is 0 Å². The predicted molar refractivity (Wildman–Crippen MR) is 65.9 cm³/mol. The standard InChI is InChI=1S/C11H15NO4S/c1-11(2,3)16-10(15)12(4)8-6-17-5-7(8)9(13)14/h5-6H,1-4H3,(H,13,14). The number of ether oxygens (including phenoxy) is 1. The van der Waals surface area contributed by atoms with Crippen LogP contribution in [0, 0.1) is 0 Å². The molecule has 1 amide bonds. The van der Waals surface area contributed by atoms with Gasteiger partial charge in [0.25, 0.3) is 0 Å². The van der Waals surface area contributed by atoms with Gasteiger partial charge >= 0.3 is 12.1 Å². The Labute approximate surface area is 104 Å². The normalized spacial score (nSPS) is 11.1. The molecule has 1 aromatic rings. The number of aromatic carboxylic acids is 1. The van der Waals surface area contributed by atoms with Crippen LogP contribution in [0.15, 0.2) is 10.8 Å². The van der Waals surface area contributed by atoms with E-state index in [4.69, 9.17) is 9.84 Å². The number of carboxylic acid groups (broad SMARTS) is 1. The second-order valence-corrected chi connectivity index (χ2v) is 5.26. The minimum absolute atomic E-state index is 0.100. The van der Waals surface area contributed by atoms with E-state index < -0.39 is 17.7 Å². The van der Waals surface area contributed by atoms with Crippen molar-refractivity contribution in [2.75, 3.05) is 11.9 Å². The molecule has 0 unspecified atom stereocenters. The molecule has 1 heterocycles. The Morgan fingerprint density at radius 2 is 1.94 bits per heavy atom. The van der Waals surface area contributed by atoms with Crippen molar-refractivity contribution in [3.8, 4) is 0 Å². The molecule has 0 aliphatic rings.